The van der Waals surface area contributed by atoms with Gasteiger partial charge >= 0.3 is 0 Å². The van der Waals surface area contributed by atoms with Gasteiger partial charge in [0.2, 0.25) is 0 Å². The molecule has 0 radical (unpaired) electrons. The highest BCUT2D eigenvalue weighted by molar-refractivity contribution is 5.33. The van der Waals surface area contributed by atoms with Crippen molar-refractivity contribution >= 4 is 0 Å². The molecule has 0 saturated carbocycles. The number of hydrogen-bond acceptors (Lipinski definition) is 1. The molecule has 14 heavy (non-hydrogen) atoms. The second kappa shape index (κ2) is 4.74. The van der Waals surface area contributed by atoms with E-state index in [4.69, 9.17) is 4.74 Å². The summed E-state index contributed by atoms with van der Waals surface area (Å²) in [4.78, 5) is 0. The van der Waals surface area contributed by atoms with Crippen molar-refractivity contribution in [2.24, 2.45) is 0 Å². The highest BCUT2D eigenvalue weighted by atomic mass is 19.2. The van der Waals surface area contributed by atoms with Crippen LogP contribution in [0.15, 0.2) is 24.3 Å². The Balaban J connectivity index is 2.81. The molecular weight excluding hydrogens is 186 g/mol. The Morgan fingerprint density at radius 3 is 2.57 bits per heavy atom. The van der Waals surface area contributed by atoms with Gasteiger partial charge in [-0.1, -0.05) is 12.2 Å². The molecule has 1 rings (SSSR count). The summed E-state index contributed by atoms with van der Waals surface area (Å²) in [5.41, 5.74) is 0.591. The maximum atomic E-state index is 12.8. The van der Waals surface area contributed by atoms with E-state index in [1.165, 1.54) is 0 Å². The zero-order chi connectivity index (χ0) is 10.6. The van der Waals surface area contributed by atoms with Crippen LogP contribution in [0.1, 0.15) is 12.5 Å². The van der Waals surface area contributed by atoms with E-state index in [1.54, 1.807) is 13.0 Å². The van der Waals surface area contributed by atoms with Crippen LogP contribution in [0.2, 0.25) is 0 Å². The van der Waals surface area contributed by atoms with Gasteiger partial charge in [0, 0.05) is 6.07 Å². The lowest BCUT2D eigenvalue weighted by Crippen LogP contribution is -1.97. The van der Waals surface area contributed by atoms with Gasteiger partial charge in [0.25, 0.3) is 0 Å². The summed E-state index contributed by atoms with van der Waals surface area (Å²) in [5.74, 6) is -1.35. The summed E-state index contributed by atoms with van der Waals surface area (Å²) >= 11 is 0. The lowest BCUT2D eigenvalue weighted by atomic mass is 10.2. The SMILES string of the molecule is C/C=C/COc1cc(F)c(F)cc1C. The van der Waals surface area contributed by atoms with Gasteiger partial charge < -0.3 is 4.74 Å². The first-order chi connectivity index (χ1) is 6.65. The smallest absolute Gasteiger partial charge is 0.162 e. The molecule has 1 aromatic rings. The van der Waals surface area contributed by atoms with Crippen LogP contribution in [0.3, 0.4) is 0 Å². The third kappa shape index (κ3) is 2.55. The van der Waals surface area contributed by atoms with Crippen LogP contribution in [-0.4, -0.2) is 6.61 Å². The molecule has 0 aliphatic heterocycles. The van der Waals surface area contributed by atoms with E-state index in [2.05, 4.69) is 0 Å². The number of aryl methyl sites for hydroxylation is 1. The van der Waals surface area contributed by atoms with Crippen LogP contribution in [0, 0.1) is 18.6 Å². The van der Waals surface area contributed by atoms with Gasteiger partial charge in [-0.25, -0.2) is 8.78 Å². The summed E-state index contributed by atoms with van der Waals surface area (Å²) in [6.45, 7) is 3.90. The van der Waals surface area contributed by atoms with Gasteiger partial charge in [-0.15, -0.1) is 0 Å². The molecule has 3 heteroatoms. The third-order valence-electron chi connectivity index (χ3n) is 1.79. The van der Waals surface area contributed by atoms with E-state index >= 15 is 0 Å². The molecule has 0 fully saturated rings. The molecule has 0 atom stereocenters. The van der Waals surface area contributed by atoms with Crippen LogP contribution >= 0.6 is 0 Å². The molecule has 0 unspecified atom stereocenters. The van der Waals surface area contributed by atoms with E-state index in [-0.39, 0.29) is 0 Å². The first kappa shape index (κ1) is 10.7. The molecule has 0 N–H and O–H groups in total. The quantitative estimate of drug-likeness (QED) is 0.677. The van der Waals surface area contributed by atoms with Gasteiger partial charge in [0.05, 0.1) is 0 Å². The van der Waals surface area contributed by atoms with E-state index in [9.17, 15) is 8.78 Å². The number of rotatable bonds is 3. The molecule has 1 aromatic carbocycles. The van der Waals surface area contributed by atoms with E-state index in [0.717, 1.165) is 12.1 Å². The average molecular weight is 198 g/mol. The van der Waals surface area contributed by atoms with E-state index in [1.807, 2.05) is 13.0 Å². The lowest BCUT2D eigenvalue weighted by molar-refractivity contribution is 0.355. The third-order valence-corrected chi connectivity index (χ3v) is 1.79. The minimum atomic E-state index is -0.883. The molecular formula is C11H12F2O. The first-order valence-electron chi connectivity index (χ1n) is 4.34. The summed E-state index contributed by atoms with van der Waals surface area (Å²) in [5, 5.41) is 0. The van der Waals surface area contributed by atoms with Gasteiger partial charge in [0.1, 0.15) is 12.4 Å². The fourth-order valence-electron chi connectivity index (χ4n) is 1.02. The second-order valence-electron chi connectivity index (χ2n) is 2.91. The fourth-order valence-corrected chi connectivity index (χ4v) is 1.02. The van der Waals surface area contributed by atoms with Crippen molar-refractivity contribution in [3.63, 3.8) is 0 Å². The minimum Gasteiger partial charge on any atom is -0.489 e. The molecule has 0 saturated heterocycles. The zero-order valence-corrected chi connectivity index (χ0v) is 8.18. The lowest BCUT2D eigenvalue weighted by Gasteiger charge is -2.07. The largest absolute Gasteiger partial charge is 0.489 e. The zero-order valence-electron chi connectivity index (χ0n) is 8.18. The highest BCUT2D eigenvalue weighted by Gasteiger charge is 2.06. The van der Waals surface area contributed by atoms with Crippen molar-refractivity contribution in [2.45, 2.75) is 13.8 Å². The second-order valence-corrected chi connectivity index (χ2v) is 2.91. The predicted octanol–water partition coefficient (Wildman–Crippen LogP) is 3.23. The minimum absolute atomic E-state index is 0.364. The molecule has 76 valence electrons. The Kier molecular flexibility index (Phi) is 3.63. The number of hydrogen-bond donors (Lipinski definition) is 0. The van der Waals surface area contributed by atoms with Gasteiger partial charge in [0.15, 0.2) is 11.6 Å². The van der Waals surface area contributed by atoms with Crippen molar-refractivity contribution < 1.29 is 13.5 Å². The average Bonchev–Trinajstić information content (AvgIpc) is 2.14. The topological polar surface area (TPSA) is 9.23 Å². The van der Waals surface area contributed by atoms with Crippen LogP contribution in [0.25, 0.3) is 0 Å². The Morgan fingerprint density at radius 1 is 1.29 bits per heavy atom. The Hall–Kier alpha value is -1.38. The van der Waals surface area contributed by atoms with Crippen molar-refractivity contribution in [3.8, 4) is 5.75 Å². The van der Waals surface area contributed by atoms with Crippen LogP contribution in [0.5, 0.6) is 5.75 Å². The molecule has 0 aromatic heterocycles. The molecule has 0 heterocycles. The first-order valence-corrected chi connectivity index (χ1v) is 4.34. The normalized spacial score (nSPS) is 10.9. The van der Waals surface area contributed by atoms with E-state index < -0.39 is 11.6 Å². The Labute approximate surface area is 82.0 Å². The summed E-state index contributed by atoms with van der Waals surface area (Å²) in [7, 11) is 0. The monoisotopic (exact) mass is 198 g/mol. The molecule has 0 aliphatic rings. The Morgan fingerprint density at radius 2 is 1.93 bits per heavy atom. The molecule has 0 amide bonds. The van der Waals surface area contributed by atoms with E-state index in [0.29, 0.717) is 17.9 Å². The van der Waals surface area contributed by atoms with Crippen LogP contribution < -0.4 is 4.74 Å². The van der Waals surface area contributed by atoms with Crippen molar-refractivity contribution in [1.29, 1.82) is 0 Å². The van der Waals surface area contributed by atoms with Gasteiger partial charge in [-0.3, -0.25) is 0 Å². The predicted molar refractivity (Wildman–Crippen MR) is 51.4 cm³/mol. The number of halogens is 2. The molecule has 1 nitrogen and oxygen atoms in total. The number of benzene rings is 1. The van der Waals surface area contributed by atoms with Gasteiger partial charge in [-0.2, -0.15) is 0 Å². The summed E-state index contributed by atoms with van der Waals surface area (Å²) in [6, 6.07) is 2.19. The van der Waals surface area contributed by atoms with Gasteiger partial charge in [-0.05, 0) is 25.5 Å². The summed E-state index contributed by atoms with van der Waals surface area (Å²) < 4.78 is 30.7. The maximum absolute atomic E-state index is 12.8. The van der Waals surface area contributed by atoms with Crippen molar-refractivity contribution in [3.05, 3.63) is 41.5 Å². The van der Waals surface area contributed by atoms with Crippen LogP contribution in [0.4, 0.5) is 8.78 Å². The molecule has 0 spiro atoms. The fraction of sp³-hybridized carbons (Fsp3) is 0.273. The van der Waals surface area contributed by atoms with Crippen molar-refractivity contribution in [2.75, 3.05) is 6.61 Å². The Bertz CT molecular complexity index is 345. The standard InChI is InChI=1S/C11H12F2O/c1-3-4-5-14-11-7-10(13)9(12)6-8(11)2/h3-4,6-7H,5H2,1-2H3/b4-3+. The summed E-state index contributed by atoms with van der Waals surface area (Å²) in [6.07, 6.45) is 3.62. The molecule has 0 bridgehead atoms. The number of allylic oxidation sites excluding steroid dienone is 1. The highest BCUT2D eigenvalue weighted by Crippen LogP contribution is 2.21. The van der Waals surface area contributed by atoms with Crippen molar-refractivity contribution in [1.82, 2.24) is 0 Å². The maximum Gasteiger partial charge on any atom is 0.162 e. The number of ether oxygens (including phenoxy) is 1. The molecule has 0 aliphatic carbocycles. The van der Waals surface area contributed by atoms with Crippen LogP contribution in [-0.2, 0) is 0 Å².